The van der Waals surface area contributed by atoms with Gasteiger partial charge in [0.05, 0.1) is 12.1 Å². The van der Waals surface area contributed by atoms with Gasteiger partial charge in [0.15, 0.2) is 0 Å². The first kappa shape index (κ1) is 13.5. The number of rotatable bonds is 4. The molecular formula is C14H18N2O3. The number of aliphatic hydroxyl groups excluding tert-OH is 1. The summed E-state index contributed by atoms with van der Waals surface area (Å²) in [5.74, 6) is -0.325. The standard InChI is InChI=1S/C14H18N2O3/c1-9(17)15-7-6-13(19)16-14-11-5-3-2-4-10(11)8-12(14)18/h2-5,12,14,18H,6-8H2,1H3,(H,15,17)(H,16,19). The molecule has 1 aromatic rings. The van der Waals surface area contributed by atoms with Gasteiger partial charge in [0.2, 0.25) is 11.8 Å². The molecule has 2 atom stereocenters. The molecule has 1 aliphatic carbocycles. The van der Waals surface area contributed by atoms with Gasteiger partial charge >= 0.3 is 0 Å². The lowest BCUT2D eigenvalue weighted by molar-refractivity contribution is -0.122. The summed E-state index contributed by atoms with van der Waals surface area (Å²) in [6.07, 6.45) is 0.194. The van der Waals surface area contributed by atoms with Gasteiger partial charge in [-0.1, -0.05) is 24.3 Å². The van der Waals surface area contributed by atoms with Crippen molar-refractivity contribution >= 4 is 11.8 Å². The fraction of sp³-hybridized carbons (Fsp3) is 0.429. The van der Waals surface area contributed by atoms with Gasteiger partial charge in [-0.15, -0.1) is 0 Å². The smallest absolute Gasteiger partial charge is 0.222 e. The van der Waals surface area contributed by atoms with E-state index in [0.717, 1.165) is 11.1 Å². The molecule has 0 bridgehead atoms. The molecule has 2 amide bonds. The highest BCUT2D eigenvalue weighted by Gasteiger charge is 2.31. The van der Waals surface area contributed by atoms with Crippen LogP contribution in [-0.4, -0.2) is 29.6 Å². The van der Waals surface area contributed by atoms with Gasteiger partial charge in [-0.25, -0.2) is 0 Å². The van der Waals surface area contributed by atoms with Crippen molar-refractivity contribution in [3.8, 4) is 0 Å². The van der Waals surface area contributed by atoms with Crippen LogP contribution in [0, 0.1) is 0 Å². The Balaban J connectivity index is 1.92. The van der Waals surface area contributed by atoms with Gasteiger partial charge in [0, 0.05) is 26.3 Å². The molecule has 3 N–H and O–H groups in total. The zero-order valence-electron chi connectivity index (χ0n) is 10.8. The van der Waals surface area contributed by atoms with Crippen LogP contribution in [0.2, 0.25) is 0 Å². The summed E-state index contributed by atoms with van der Waals surface area (Å²) >= 11 is 0. The minimum absolute atomic E-state index is 0.154. The Bertz CT molecular complexity index is 487. The van der Waals surface area contributed by atoms with Crippen molar-refractivity contribution in [1.29, 1.82) is 0 Å². The molecule has 0 radical (unpaired) electrons. The lowest BCUT2D eigenvalue weighted by Gasteiger charge is -2.18. The molecule has 1 aromatic carbocycles. The average Bonchev–Trinajstić information content (AvgIpc) is 2.66. The van der Waals surface area contributed by atoms with Crippen LogP contribution in [-0.2, 0) is 16.0 Å². The van der Waals surface area contributed by atoms with E-state index in [0.29, 0.717) is 13.0 Å². The Kier molecular flexibility index (Phi) is 4.16. The van der Waals surface area contributed by atoms with Crippen molar-refractivity contribution in [3.05, 3.63) is 35.4 Å². The molecule has 0 spiro atoms. The summed E-state index contributed by atoms with van der Waals surface area (Å²) in [5.41, 5.74) is 2.05. The third-order valence-corrected chi connectivity index (χ3v) is 3.25. The van der Waals surface area contributed by atoms with Crippen LogP contribution < -0.4 is 10.6 Å². The molecule has 2 unspecified atom stereocenters. The van der Waals surface area contributed by atoms with Crippen molar-refractivity contribution < 1.29 is 14.7 Å². The normalized spacial score (nSPS) is 20.7. The van der Waals surface area contributed by atoms with E-state index >= 15 is 0 Å². The maximum absolute atomic E-state index is 11.8. The molecule has 102 valence electrons. The summed E-state index contributed by atoms with van der Waals surface area (Å²) in [6, 6.07) is 7.35. The number of aliphatic hydroxyl groups is 1. The van der Waals surface area contributed by atoms with Crippen molar-refractivity contribution in [2.75, 3.05) is 6.54 Å². The van der Waals surface area contributed by atoms with Crippen LogP contribution in [0.15, 0.2) is 24.3 Å². The Morgan fingerprint density at radius 3 is 2.84 bits per heavy atom. The quantitative estimate of drug-likeness (QED) is 0.729. The number of nitrogens with one attached hydrogen (secondary N) is 2. The lowest BCUT2D eigenvalue weighted by Crippen LogP contribution is -2.35. The molecule has 5 nitrogen and oxygen atoms in total. The number of benzene rings is 1. The molecule has 0 fully saturated rings. The Hall–Kier alpha value is -1.88. The van der Waals surface area contributed by atoms with Gasteiger partial charge < -0.3 is 15.7 Å². The van der Waals surface area contributed by atoms with Gasteiger partial charge in [0.1, 0.15) is 0 Å². The van der Waals surface area contributed by atoms with Gasteiger partial charge in [-0.05, 0) is 11.1 Å². The molecule has 0 heterocycles. The second kappa shape index (κ2) is 5.84. The molecule has 2 rings (SSSR count). The van der Waals surface area contributed by atoms with Crippen LogP contribution >= 0.6 is 0 Å². The predicted octanol–water partition coefficient (Wildman–Crippen LogP) is 0.287. The molecule has 0 saturated carbocycles. The monoisotopic (exact) mass is 262 g/mol. The number of carbonyl (C=O) groups excluding carboxylic acids is 2. The maximum atomic E-state index is 11.8. The molecule has 0 aromatic heterocycles. The zero-order chi connectivity index (χ0) is 13.8. The van der Waals surface area contributed by atoms with Crippen molar-refractivity contribution in [2.45, 2.75) is 31.9 Å². The minimum atomic E-state index is -0.581. The van der Waals surface area contributed by atoms with Crippen LogP contribution in [0.1, 0.15) is 30.5 Å². The van der Waals surface area contributed by atoms with Crippen LogP contribution in [0.5, 0.6) is 0 Å². The third kappa shape index (κ3) is 3.32. The molecule has 0 aliphatic heterocycles. The zero-order valence-corrected chi connectivity index (χ0v) is 10.8. The molecule has 1 aliphatic rings. The Morgan fingerprint density at radius 1 is 1.37 bits per heavy atom. The van der Waals surface area contributed by atoms with Crippen molar-refractivity contribution in [3.63, 3.8) is 0 Å². The first-order valence-electron chi connectivity index (χ1n) is 6.37. The van der Waals surface area contributed by atoms with Crippen LogP contribution in [0.25, 0.3) is 0 Å². The second-order valence-corrected chi connectivity index (χ2v) is 4.75. The van der Waals surface area contributed by atoms with E-state index in [9.17, 15) is 14.7 Å². The molecular weight excluding hydrogens is 244 g/mol. The van der Waals surface area contributed by atoms with E-state index in [4.69, 9.17) is 0 Å². The van der Waals surface area contributed by atoms with E-state index in [2.05, 4.69) is 10.6 Å². The summed E-state index contributed by atoms with van der Waals surface area (Å²) in [4.78, 5) is 22.5. The fourth-order valence-corrected chi connectivity index (χ4v) is 2.35. The van der Waals surface area contributed by atoms with E-state index < -0.39 is 6.10 Å². The highest BCUT2D eigenvalue weighted by atomic mass is 16.3. The SMILES string of the molecule is CC(=O)NCCC(=O)NC1c2ccccc2CC1O. The predicted molar refractivity (Wildman–Crippen MR) is 70.3 cm³/mol. The van der Waals surface area contributed by atoms with Crippen LogP contribution in [0.4, 0.5) is 0 Å². The summed E-state index contributed by atoms with van der Waals surface area (Å²) in [6.45, 7) is 1.72. The average molecular weight is 262 g/mol. The maximum Gasteiger partial charge on any atom is 0.222 e. The van der Waals surface area contributed by atoms with Gasteiger partial charge in [-0.2, -0.15) is 0 Å². The lowest BCUT2D eigenvalue weighted by atomic mass is 10.1. The van der Waals surface area contributed by atoms with E-state index in [1.807, 2.05) is 24.3 Å². The minimum Gasteiger partial charge on any atom is -0.390 e. The largest absolute Gasteiger partial charge is 0.390 e. The summed E-state index contributed by atoms with van der Waals surface area (Å²) in [7, 11) is 0. The second-order valence-electron chi connectivity index (χ2n) is 4.75. The van der Waals surface area contributed by atoms with Gasteiger partial charge in [0.25, 0.3) is 0 Å². The number of amides is 2. The first-order valence-corrected chi connectivity index (χ1v) is 6.37. The molecule has 0 saturated heterocycles. The first-order chi connectivity index (χ1) is 9.08. The number of fused-ring (bicyclic) bond motifs is 1. The Morgan fingerprint density at radius 2 is 2.11 bits per heavy atom. The summed E-state index contributed by atoms with van der Waals surface area (Å²) in [5, 5.41) is 15.4. The molecule has 19 heavy (non-hydrogen) atoms. The number of hydrogen-bond donors (Lipinski definition) is 3. The number of hydrogen-bond acceptors (Lipinski definition) is 3. The molecule has 5 heteroatoms. The van der Waals surface area contributed by atoms with Crippen LogP contribution in [0.3, 0.4) is 0 Å². The highest BCUT2D eigenvalue weighted by molar-refractivity contribution is 5.78. The fourth-order valence-electron chi connectivity index (χ4n) is 2.35. The van der Waals surface area contributed by atoms with Crippen molar-refractivity contribution in [1.82, 2.24) is 10.6 Å². The topological polar surface area (TPSA) is 78.4 Å². The van der Waals surface area contributed by atoms with E-state index in [1.165, 1.54) is 6.92 Å². The summed E-state index contributed by atoms with van der Waals surface area (Å²) < 4.78 is 0. The van der Waals surface area contributed by atoms with Gasteiger partial charge in [-0.3, -0.25) is 9.59 Å². The van der Waals surface area contributed by atoms with E-state index in [1.54, 1.807) is 0 Å². The van der Waals surface area contributed by atoms with E-state index in [-0.39, 0.29) is 24.3 Å². The highest BCUT2D eigenvalue weighted by Crippen LogP contribution is 2.31. The third-order valence-electron chi connectivity index (χ3n) is 3.25. The Labute approximate surface area is 112 Å². The number of carbonyl (C=O) groups is 2. The van der Waals surface area contributed by atoms with Crippen molar-refractivity contribution in [2.24, 2.45) is 0 Å².